The standard InChI is InChI=1S/C13H19F3N2O3S/c1-3-8(2)12(19)7-18-11-5-4-9(22(17,20)21)6-10(11)13(14,15)16/h4-6,8,12,18-19H,3,7H2,1-2H3,(H2,17,20,21). The van der Waals surface area contributed by atoms with E-state index in [9.17, 15) is 26.7 Å². The van der Waals surface area contributed by atoms with Gasteiger partial charge in [0.1, 0.15) is 0 Å². The first-order valence-corrected chi connectivity index (χ1v) is 8.17. The predicted octanol–water partition coefficient (Wildman–Crippen LogP) is 2.17. The summed E-state index contributed by atoms with van der Waals surface area (Å²) in [6, 6.07) is 2.46. The van der Waals surface area contributed by atoms with Crippen LogP contribution < -0.4 is 10.5 Å². The molecule has 126 valence electrons. The minimum atomic E-state index is -4.75. The van der Waals surface area contributed by atoms with Crippen molar-refractivity contribution in [1.82, 2.24) is 0 Å². The molecule has 0 aromatic heterocycles. The summed E-state index contributed by atoms with van der Waals surface area (Å²) in [6.07, 6.45) is -4.88. The van der Waals surface area contributed by atoms with Crippen LogP contribution in [0.4, 0.5) is 18.9 Å². The highest BCUT2D eigenvalue weighted by molar-refractivity contribution is 7.89. The molecule has 0 aliphatic rings. The number of alkyl halides is 3. The van der Waals surface area contributed by atoms with Crippen molar-refractivity contribution >= 4 is 15.7 Å². The lowest BCUT2D eigenvalue weighted by atomic mass is 10.0. The van der Waals surface area contributed by atoms with Gasteiger partial charge in [0.25, 0.3) is 0 Å². The Hall–Kier alpha value is -1.32. The number of nitrogens with two attached hydrogens (primary N) is 1. The molecule has 9 heteroatoms. The Labute approximate surface area is 127 Å². The van der Waals surface area contributed by atoms with Gasteiger partial charge in [-0.3, -0.25) is 0 Å². The van der Waals surface area contributed by atoms with Gasteiger partial charge >= 0.3 is 6.18 Å². The maximum absolute atomic E-state index is 13.0. The third-order valence-electron chi connectivity index (χ3n) is 3.43. The highest BCUT2D eigenvalue weighted by Crippen LogP contribution is 2.36. The van der Waals surface area contributed by atoms with Gasteiger partial charge in [-0.15, -0.1) is 0 Å². The SMILES string of the molecule is CCC(C)C(O)CNc1ccc(S(N)(=O)=O)cc1C(F)(F)F. The number of rotatable bonds is 6. The molecule has 0 saturated heterocycles. The van der Waals surface area contributed by atoms with Crippen molar-refractivity contribution in [3.05, 3.63) is 23.8 Å². The van der Waals surface area contributed by atoms with Crippen LogP contribution in [0.15, 0.2) is 23.1 Å². The van der Waals surface area contributed by atoms with E-state index in [1.807, 2.05) is 6.92 Å². The van der Waals surface area contributed by atoms with Gasteiger partial charge in [-0.1, -0.05) is 20.3 Å². The normalized spacial score (nSPS) is 15.4. The molecule has 0 heterocycles. The van der Waals surface area contributed by atoms with Gasteiger partial charge in [-0.25, -0.2) is 13.6 Å². The van der Waals surface area contributed by atoms with Gasteiger partial charge in [-0.05, 0) is 24.1 Å². The van der Waals surface area contributed by atoms with Crippen molar-refractivity contribution in [2.45, 2.75) is 37.4 Å². The van der Waals surface area contributed by atoms with Gasteiger partial charge in [0, 0.05) is 12.2 Å². The zero-order chi connectivity index (χ0) is 17.1. The molecule has 4 N–H and O–H groups in total. The lowest BCUT2D eigenvalue weighted by molar-refractivity contribution is -0.137. The summed E-state index contributed by atoms with van der Waals surface area (Å²) in [5.41, 5.74) is -1.45. The molecule has 1 rings (SSSR count). The molecule has 22 heavy (non-hydrogen) atoms. The first-order valence-electron chi connectivity index (χ1n) is 6.62. The molecule has 1 aromatic carbocycles. The minimum Gasteiger partial charge on any atom is -0.391 e. The second-order valence-corrected chi connectivity index (χ2v) is 6.65. The molecule has 0 amide bonds. The van der Waals surface area contributed by atoms with Crippen LogP contribution in [-0.2, 0) is 16.2 Å². The van der Waals surface area contributed by atoms with Crippen LogP contribution in [0.1, 0.15) is 25.8 Å². The molecule has 0 saturated carbocycles. The summed E-state index contributed by atoms with van der Waals surface area (Å²) in [6.45, 7) is 3.56. The molecule has 0 aliphatic heterocycles. The Kier molecular flexibility index (Phi) is 5.82. The molecule has 2 unspecified atom stereocenters. The summed E-state index contributed by atoms with van der Waals surface area (Å²) in [7, 11) is -4.23. The van der Waals surface area contributed by atoms with Gasteiger partial charge < -0.3 is 10.4 Å². The Morgan fingerprint density at radius 2 is 1.95 bits per heavy atom. The number of sulfonamides is 1. The molecular formula is C13H19F3N2O3S. The van der Waals surface area contributed by atoms with Crippen molar-refractivity contribution in [2.24, 2.45) is 11.1 Å². The number of anilines is 1. The highest BCUT2D eigenvalue weighted by atomic mass is 32.2. The molecule has 5 nitrogen and oxygen atoms in total. The lowest BCUT2D eigenvalue weighted by Crippen LogP contribution is -2.27. The number of hydrogen-bond donors (Lipinski definition) is 3. The quantitative estimate of drug-likeness (QED) is 0.740. The number of benzene rings is 1. The van der Waals surface area contributed by atoms with Crippen LogP contribution in [0, 0.1) is 5.92 Å². The lowest BCUT2D eigenvalue weighted by Gasteiger charge is -2.20. The maximum Gasteiger partial charge on any atom is 0.418 e. The van der Waals surface area contributed by atoms with Crippen LogP contribution in [0.3, 0.4) is 0 Å². The molecule has 0 radical (unpaired) electrons. The second kappa shape index (κ2) is 6.84. The van der Waals surface area contributed by atoms with Crippen LogP contribution in [0.25, 0.3) is 0 Å². The van der Waals surface area contributed by atoms with E-state index < -0.39 is 32.8 Å². The fraction of sp³-hybridized carbons (Fsp3) is 0.538. The van der Waals surface area contributed by atoms with Crippen LogP contribution in [-0.4, -0.2) is 26.2 Å². The Morgan fingerprint density at radius 1 is 1.36 bits per heavy atom. The molecule has 2 atom stereocenters. The van der Waals surface area contributed by atoms with E-state index in [4.69, 9.17) is 5.14 Å². The second-order valence-electron chi connectivity index (χ2n) is 5.08. The Balaban J connectivity index is 3.10. The first-order chi connectivity index (χ1) is 9.96. The van der Waals surface area contributed by atoms with E-state index in [1.54, 1.807) is 6.92 Å². The molecule has 0 fully saturated rings. The predicted molar refractivity (Wildman–Crippen MR) is 76.8 cm³/mol. The fourth-order valence-electron chi connectivity index (χ4n) is 1.78. The number of primary sulfonamides is 1. The summed E-state index contributed by atoms with van der Waals surface area (Å²) in [5, 5.41) is 17.1. The molecule has 0 aliphatic carbocycles. The van der Waals surface area contributed by atoms with Crippen molar-refractivity contribution in [2.75, 3.05) is 11.9 Å². The third kappa shape index (κ3) is 4.85. The number of nitrogens with one attached hydrogen (secondary N) is 1. The Morgan fingerprint density at radius 3 is 2.41 bits per heavy atom. The van der Waals surface area contributed by atoms with E-state index in [1.165, 1.54) is 0 Å². The van der Waals surface area contributed by atoms with E-state index in [2.05, 4.69) is 5.32 Å². The van der Waals surface area contributed by atoms with Crippen molar-refractivity contribution in [1.29, 1.82) is 0 Å². The summed E-state index contributed by atoms with van der Waals surface area (Å²) >= 11 is 0. The van der Waals surface area contributed by atoms with E-state index in [0.29, 0.717) is 12.5 Å². The zero-order valence-electron chi connectivity index (χ0n) is 12.2. The maximum atomic E-state index is 13.0. The van der Waals surface area contributed by atoms with Crippen molar-refractivity contribution < 1.29 is 26.7 Å². The van der Waals surface area contributed by atoms with Crippen LogP contribution in [0.2, 0.25) is 0 Å². The summed E-state index contributed by atoms with van der Waals surface area (Å²) in [5.74, 6) is -0.0782. The number of aliphatic hydroxyl groups excluding tert-OH is 1. The van der Waals surface area contributed by atoms with E-state index >= 15 is 0 Å². The van der Waals surface area contributed by atoms with Crippen LogP contribution >= 0.6 is 0 Å². The molecule has 1 aromatic rings. The monoisotopic (exact) mass is 340 g/mol. The van der Waals surface area contributed by atoms with Gasteiger partial charge in [0.2, 0.25) is 10.0 Å². The Bertz CT molecular complexity index is 617. The third-order valence-corrected chi connectivity index (χ3v) is 4.34. The fourth-order valence-corrected chi connectivity index (χ4v) is 2.32. The minimum absolute atomic E-state index is 0.0766. The van der Waals surface area contributed by atoms with Gasteiger partial charge in [0.15, 0.2) is 0 Å². The molecule has 0 spiro atoms. The van der Waals surface area contributed by atoms with Crippen molar-refractivity contribution in [3.63, 3.8) is 0 Å². The highest BCUT2D eigenvalue weighted by Gasteiger charge is 2.34. The first kappa shape index (κ1) is 18.7. The number of halogens is 3. The molecule has 0 bridgehead atoms. The summed E-state index contributed by atoms with van der Waals surface area (Å²) in [4.78, 5) is -0.618. The topological polar surface area (TPSA) is 92.4 Å². The van der Waals surface area contributed by atoms with E-state index in [0.717, 1.165) is 12.1 Å². The smallest absolute Gasteiger partial charge is 0.391 e. The molecular weight excluding hydrogens is 321 g/mol. The van der Waals surface area contributed by atoms with Gasteiger partial charge in [0.05, 0.1) is 16.6 Å². The van der Waals surface area contributed by atoms with E-state index in [-0.39, 0.29) is 18.2 Å². The average molecular weight is 340 g/mol. The van der Waals surface area contributed by atoms with Gasteiger partial charge in [-0.2, -0.15) is 13.2 Å². The van der Waals surface area contributed by atoms with Crippen LogP contribution in [0.5, 0.6) is 0 Å². The average Bonchev–Trinajstić information content (AvgIpc) is 2.41. The largest absolute Gasteiger partial charge is 0.418 e. The summed E-state index contributed by atoms with van der Waals surface area (Å²) < 4.78 is 61.4. The number of hydrogen-bond acceptors (Lipinski definition) is 4. The van der Waals surface area contributed by atoms with Crippen molar-refractivity contribution in [3.8, 4) is 0 Å². The zero-order valence-corrected chi connectivity index (χ0v) is 13.0. The number of aliphatic hydroxyl groups is 1.